The molecular formula is C31H32INO2. The van der Waals surface area contributed by atoms with Gasteiger partial charge in [-0.25, -0.2) is 0 Å². The molecule has 3 aliphatic rings. The highest BCUT2D eigenvalue weighted by molar-refractivity contribution is 6.03. The van der Waals surface area contributed by atoms with E-state index in [-0.39, 0.29) is 36.0 Å². The van der Waals surface area contributed by atoms with E-state index in [4.69, 9.17) is 15.9 Å². The van der Waals surface area contributed by atoms with E-state index in [0.29, 0.717) is 0 Å². The minimum absolute atomic E-state index is 0. The van der Waals surface area contributed by atoms with Crippen molar-refractivity contribution in [3.8, 4) is 23.8 Å². The topological polar surface area (TPSA) is 21.5 Å². The summed E-state index contributed by atoms with van der Waals surface area (Å²) in [5, 5.41) is 0. The molecule has 0 unspecified atom stereocenters. The maximum atomic E-state index is 6.48. The number of rotatable bonds is 6. The van der Waals surface area contributed by atoms with Crippen molar-refractivity contribution in [2.45, 2.75) is 51.9 Å². The highest BCUT2D eigenvalue weighted by Gasteiger charge is 2.43. The summed E-state index contributed by atoms with van der Waals surface area (Å²) in [6.45, 7) is 8.17. The predicted molar refractivity (Wildman–Crippen MR) is 139 cm³/mol. The maximum Gasteiger partial charge on any atom is 0.209 e. The van der Waals surface area contributed by atoms with E-state index in [1.165, 1.54) is 28.1 Å². The van der Waals surface area contributed by atoms with Gasteiger partial charge in [0.25, 0.3) is 0 Å². The Morgan fingerprint density at radius 2 is 1.97 bits per heavy atom. The van der Waals surface area contributed by atoms with Crippen molar-refractivity contribution in [2.75, 3.05) is 13.2 Å². The van der Waals surface area contributed by atoms with Gasteiger partial charge in [0.1, 0.15) is 30.4 Å². The Labute approximate surface area is 226 Å². The molecule has 0 bridgehead atoms. The molecule has 0 amide bonds. The number of allylic oxidation sites excluding steroid dienone is 4. The van der Waals surface area contributed by atoms with Crippen LogP contribution in [0, 0.1) is 12.3 Å². The number of hydrogen-bond acceptors (Lipinski definition) is 2. The minimum Gasteiger partial charge on any atom is -1.00 e. The first-order chi connectivity index (χ1) is 16.5. The van der Waals surface area contributed by atoms with Crippen LogP contribution in [0.3, 0.4) is 0 Å². The van der Waals surface area contributed by atoms with Crippen LogP contribution in [0.1, 0.15) is 57.6 Å². The first kappa shape index (κ1) is 25.3. The smallest absolute Gasteiger partial charge is 0.209 e. The highest BCUT2D eigenvalue weighted by atomic mass is 127. The molecule has 4 heteroatoms. The summed E-state index contributed by atoms with van der Waals surface area (Å²) in [6, 6.07) is 14.7. The van der Waals surface area contributed by atoms with Crippen LogP contribution in [0.25, 0.3) is 6.08 Å². The van der Waals surface area contributed by atoms with Crippen LogP contribution in [0.5, 0.6) is 11.5 Å². The summed E-state index contributed by atoms with van der Waals surface area (Å²) in [5.74, 6) is 5.08. The molecule has 180 valence electrons. The normalized spacial score (nSPS) is 17.6. The SMILES string of the molecule is C#CCOc1ccc2c(c1)OC1=C(/C=C/C3=[N+](CCC)c4ccccc4C3(C)C)CCCC1=C2.[I-]. The van der Waals surface area contributed by atoms with Crippen molar-refractivity contribution in [2.24, 2.45) is 0 Å². The van der Waals surface area contributed by atoms with Gasteiger partial charge >= 0.3 is 0 Å². The van der Waals surface area contributed by atoms with Crippen LogP contribution in [0.4, 0.5) is 5.69 Å². The van der Waals surface area contributed by atoms with E-state index in [0.717, 1.165) is 55.0 Å². The Kier molecular flexibility index (Phi) is 7.56. The third-order valence-corrected chi connectivity index (χ3v) is 7.01. The zero-order chi connectivity index (χ0) is 23.7. The van der Waals surface area contributed by atoms with Gasteiger partial charge in [-0.1, -0.05) is 31.0 Å². The summed E-state index contributed by atoms with van der Waals surface area (Å²) >= 11 is 0. The number of terminal acetylenes is 1. The van der Waals surface area contributed by atoms with Crippen molar-refractivity contribution in [3.63, 3.8) is 0 Å². The average molecular weight is 578 g/mol. The van der Waals surface area contributed by atoms with Crippen LogP contribution >= 0.6 is 0 Å². The highest BCUT2D eigenvalue weighted by Crippen LogP contribution is 2.42. The molecule has 0 atom stereocenters. The van der Waals surface area contributed by atoms with E-state index < -0.39 is 0 Å². The van der Waals surface area contributed by atoms with E-state index in [9.17, 15) is 0 Å². The molecule has 1 aliphatic carbocycles. The number of nitrogens with zero attached hydrogens (tertiary/aromatic N) is 1. The molecule has 0 N–H and O–H groups in total. The van der Waals surface area contributed by atoms with Crippen LogP contribution in [0.15, 0.2) is 71.5 Å². The van der Waals surface area contributed by atoms with Gasteiger partial charge in [-0.05, 0) is 68.5 Å². The summed E-state index contributed by atoms with van der Waals surface area (Å²) in [4.78, 5) is 0. The molecule has 0 spiro atoms. The Balaban J connectivity index is 0.00000289. The zero-order valence-corrected chi connectivity index (χ0v) is 22.9. The second kappa shape index (κ2) is 10.5. The molecule has 5 rings (SSSR count). The Hall–Kier alpha value is -2.78. The molecule has 0 aromatic heterocycles. The van der Waals surface area contributed by atoms with Gasteiger partial charge in [-0.3, -0.25) is 0 Å². The van der Waals surface area contributed by atoms with Gasteiger partial charge in [0, 0.05) is 35.8 Å². The molecule has 3 nitrogen and oxygen atoms in total. The molecular weight excluding hydrogens is 545 g/mol. The second-order valence-corrected chi connectivity index (χ2v) is 9.68. The monoisotopic (exact) mass is 577 g/mol. The lowest BCUT2D eigenvalue weighted by molar-refractivity contribution is -0.437. The van der Waals surface area contributed by atoms with Crippen molar-refractivity contribution >= 4 is 17.5 Å². The fourth-order valence-electron chi connectivity index (χ4n) is 5.35. The average Bonchev–Trinajstić information content (AvgIpc) is 3.06. The van der Waals surface area contributed by atoms with Crippen LogP contribution in [-0.4, -0.2) is 23.4 Å². The lowest BCUT2D eigenvalue weighted by atomic mass is 9.81. The third kappa shape index (κ3) is 4.71. The van der Waals surface area contributed by atoms with Crippen LogP contribution < -0.4 is 33.5 Å². The van der Waals surface area contributed by atoms with Crippen molar-refractivity contribution in [1.82, 2.24) is 0 Å². The number of ether oxygens (including phenoxy) is 2. The van der Waals surface area contributed by atoms with E-state index in [1.54, 1.807) is 0 Å². The molecule has 0 radical (unpaired) electrons. The zero-order valence-electron chi connectivity index (χ0n) is 20.7. The number of benzene rings is 2. The van der Waals surface area contributed by atoms with Crippen molar-refractivity contribution in [3.05, 3.63) is 82.6 Å². The maximum absolute atomic E-state index is 6.48. The van der Waals surface area contributed by atoms with Gasteiger partial charge in [0.15, 0.2) is 5.71 Å². The van der Waals surface area contributed by atoms with E-state index in [2.05, 4.69) is 73.8 Å². The number of fused-ring (bicyclic) bond motifs is 3. The van der Waals surface area contributed by atoms with Gasteiger partial charge in [-0.2, -0.15) is 4.58 Å². The van der Waals surface area contributed by atoms with E-state index >= 15 is 0 Å². The summed E-state index contributed by atoms with van der Waals surface area (Å²) in [5.41, 5.74) is 7.66. The van der Waals surface area contributed by atoms with E-state index in [1.807, 2.05) is 18.2 Å². The first-order valence-electron chi connectivity index (χ1n) is 12.3. The molecule has 2 aromatic rings. The second-order valence-electron chi connectivity index (χ2n) is 9.68. The largest absolute Gasteiger partial charge is 1.00 e. The fourth-order valence-corrected chi connectivity index (χ4v) is 5.35. The molecule has 0 fully saturated rings. The molecule has 0 saturated heterocycles. The van der Waals surface area contributed by atoms with Crippen LogP contribution in [-0.2, 0) is 5.41 Å². The Morgan fingerprint density at radius 3 is 2.77 bits per heavy atom. The van der Waals surface area contributed by atoms with Crippen molar-refractivity contribution < 1.29 is 38.0 Å². The molecule has 2 heterocycles. The standard InChI is InChI=1S/C31H32NO2.HI/c1-5-18-32-27-13-8-7-12-26(27)31(3,4)29(32)17-15-22-10-9-11-24-20-23-14-16-25(33-19-6-2)21-28(23)34-30(22)24;/h2,7-8,12-17,20-21H,5,9-11,18-19H2,1,3-4H3;1H/q+1;/p-1/b17-15+;. The van der Waals surface area contributed by atoms with Crippen molar-refractivity contribution in [1.29, 1.82) is 0 Å². The third-order valence-electron chi connectivity index (χ3n) is 7.01. The Morgan fingerprint density at radius 1 is 1.14 bits per heavy atom. The van der Waals surface area contributed by atoms with Gasteiger partial charge in [-0.15, -0.1) is 6.42 Å². The molecule has 0 saturated carbocycles. The molecule has 2 aliphatic heterocycles. The Bertz CT molecular complexity index is 1300. The van der Waals surface area contributed by atoms with Gasteiger partial charge in [0.05, 0.1) is 5.41 Å². The number of halogens is 1. The molecule has 35 heavy (non-hydrogen) atoms. The van der Waals surface area contributed by atoms with Gasteiger partial charge in [0.2, 0.25) is 5.69 Å². The number of hydrogen-bond donors (Lipinski definition) is 0. The number of para-hydroxylation sites is 1. The first-order valence-corrected chi connectivity index (χ1v) is 12.3. The minimum atomic E-state index is -0.0376. The fraction of sp³-hybridized carbons (Fsp3) is 0.323. The summed E-state index contributed by atoms with van der Waals surface area (Å²) < 4.78 is 14.6. The lowest BCUT2D eigenvalue weighted by Gasteiger charge is -2.27. The molecule has 2 aromatic carbocycles. The van der Waals surface area contributed by atoms with Crippen LogP contribution in [0.2, 0.25) is 0 Å². The summed E-state index contributed by atoms with van der Waals surface area (Å²) in [7, 11) is 0. The quantitative estimate of drug-likeness (QED) is 0.295. The predicted octanol–water partition coefficient (Wildman–Crippen LogP) is 3.96. The lowest BCUT2D eigenvalue weighted by Crippen LogP contribution is -3.00. The summed E-state index contributed by atoms with van der Waals surface area (Å²) in [6.07, 6.45) is 16.5. The van der Waals surface area contributed by atoms with Gasteiger partial charge < -0.3 is 33.5 Å².